The molecule has 0 aliphatic heterocycles. The molecule has 0 heterocycles. The van der Waals surface area contributed by atoms with Gasteiger partial charge in [-0.1, -0.05) is 105 Å². The maximum absolute atomic E-state index is 2.41. The molecular formula is C59H54N4. The monoisotopic (exact) mass is 818 g/mol. The van der Waals surface area contributed by atoms with Gasteiger partial charge in [-0.05, 0) is 177 Å². The van der Waals surface area contributed by atoms with Crippen LogP contribution in [0, 0.1) is 32.6 Å². The summed E-state index contributed by atoms with van der Waals surface area (Å²) in [5, 5.41) is 0. The molecule has 0 aromatic heterocycles. The lowest BCUT2D eigenvalue weighted by Gasteiger charge is -2.35. The molecule has 8 aromatic rings. The third kappa shape index (κ3) is 8.67. The van der Waals surface area contributed by atoms with E-state index < -0.39 is 0 Å². The molecule has 8 aromatic carbocycles. The van der Waals surface area contributed by atoms with Crippen molar-refractivity contribution in [2.75, 3.05) is 19.6 Å². The largest absolute Gasteiger partial charge is 0.314 e. The first kappa shape index (κ1) is 40.8. The number of nitrogens with zero attached hydrogens (tertiary/aromatic N) is 4. The number of benzene rings is 8. The molecule has 0 saturated carbocycles. The lowest BCUT2D eigenvalue weighted by molar-refractivity contribution is 0.515. The van der Waals surface area contributed by atoms with Gasteiger partial charge in [-0.15, -0.1) is 0 Å². The molecule has 0 radical (unpaired) electrons. The number of anilines is 11. The molecule has 63 heavy (non-hydrogen) atoms. The molecule has 0 bridgehead atoms. The van der Waals surface area contributed by atoms with Crippen LogP contribution in [0.2, 0.25) is 0 Å². The molecule has 2 unspecified atom stereocenters. The maximum Gasteiger partial charge on any atom is 0.0490 e. The minimum atomic E-state index is 0.359. The van der Waals surface area contributed by atoms with Gasteiger partial charge < -0.3 is 19.6 Å². The number of aryl methyl sites for hydroxylation is 3. The normalized spacial score (nSPS) is 14.5. The minimum Gasteiger partial charge on any atom is -0.314 e. The summed E-state index contributed by atoms with van der Waals surface area (Å²) in [5.41, 5.74) is 17.1. The number of rotatable bonds is 12. The molecule has 1 aliphatic rings. The molecule has 0 amide bonds. The van der Waals surface area contributed by atoms with Crippen molar-refractivity contribution in [3.63, 3.8) is 0 Å². The van der Waals surface area contributed by atoms with E-state index in [1.54, 1.807) is 0 Å². The van der Waals surface area contributed by atoms with Crippen LogP contribution in [0.15, 0.2) is 230 Å². The van der Waals surface area contributed by atoms with Gasteiger partial charge in [0.05, 0.1) is 0 Å². The summed E-state index contributed by atoms with van der Waals surface area (Å²) < 4.78 is 0. The van der Waals surface area contributed by atoms with Crippen LogP contribution < -0.4 is 19.6 Å². The summed E-state index contributed by atoms with van der Waals surface area (Å²) in [6.07, 6.45) is 6.78. The van der Waals surface area contributed by atoms with E-state index >= 15 is 0 Å². The zero-order valence-electron chi connectivity index (χ0n) is 36.8. The zero-order valence-corrected chi connectivity index (χ0v) is 36.8. The van der Waals surface area contributed by atoms with Crippen LogP contribution >= 0.6 is 0 Å². The van der Waals surface area contributed by atoms with E-state index in [1.165, 1.54) is 22.4 Å². The fourth-order valence-electron chi connectivity index (χ4n) is 8.72. The summed E-state index contributed by atoms with van der Waals surface area (Å²) in [7, 11) is 0. The van der Waals surface area contributed by atoms with Gasteiger partial charge in [0.15, 0.2) is 0 Å². The van der Waals surface area contributed by atoms with E-state index in [-0.39, 0.29) is 0 Å². The van der Waals surface area contributed by atoms with E-state index in [0.29, 0.717) is 11.8 Å². The number of hydrogen-bond acceptors (Lipinski definition) is 4. The van der Waals surface area contributed by atoms with Gasteiger partial charge in [-0.2, -0.15) is 0 Å². The topological polar surface area (TPSA) is 13.0 Å². The van der Waals surface area contributed by atoms with Crippen molar-refractivity contribution < 1.29 is 0 Å². The molecule has 0 N–H and O–H groups in total. The molecule has 4 nitrogen and oxygen atoms in total. The van der Waals surface area contributed by atoms with Gasteiger partial charge in [0.2, 0.25) is 0 Å². The van der Waals surface area contributed by atoms with Crippen molar-refractivity contribution in [3.05, 3.63) is 247 Å². The molecule has 0 fully saturated rings. The van der Waals surface area contributed by atoms with E-state index in [9.17, 15) is 0 Å². The fourth-order valence-corrected chi connectivity index (χ4v) is 8.72. The third-order valence-corrected chi connectivity index (χ3v) is 12.2. The minimum absolute atomic E-state index is 0.359. The quantitative estimate of drug-likeness (QED) is 0.122. The summed E-state index contributed by atoms with van der Waals surface area (Å²) >= 11 is 0. The van der Waals surface area contributed by atoms with Crippen LogP contribution in [-0.4, -0.2) is 0 Å². The second-order valence-corrected chi connectivity index (χ2v) is 16.7. The molecule has 2 atom stereocenters. The van der Waals surface area contributed by atoms with Crippen LogP contribution in [0.3, 0.4) is 0 Å². The lowest BCUT2D eigenvalue weighted by Crippen LogP contribution is -2.26. The van der Waals surface area contributed by atoms with Crippen molar-refractivity contribution in [3.8, 4) is 0 Å². The van der Waals surface area contributed by atoms with Crippen LogP contribution in [0.4, 0.5) is 62.6 Å². The second-order valence-electron chi connectivity index (χ2n) is 16.7. The van der Waals surface area contributed by atoms with Gasteiger partial charge in [0.25, 0.3) is 0 Å². The predicted octanol–water partition coefficient (Wildman–Crippen LogP) is 16.9. The van der Waals surface area contributed by atoms with Gasteiger partial charge in [0.1, 0.15) is 0 Å². The van der Waals surface area contributed by atoms with E-state index in [1.807, 2.05) is 0 Å². The van der Waals surface area contributed by atoms with Crippen molar-refractivity contribution in [1.29, 1.82) is 0 Å². The standard InChI is InChI=1S/C59H54N4/c1-43-17-14-25-56(41-43)61(48-21-8-6-9-22-48)53-31-29-50(30-32-53)60(51-33-37-54(38-34-51)62(49-23-10-7-11-24-49)59-28-16-20-45(3)47(59)5)52-35-39-55(40-36-52)63(57-26-15-18-44(2)42-57)58-27-13-12-19-46(58)4/h6-42,45,47H,1-5H3. The Kier molecular flexibility index (Phi) is 11.8. The Morgan fingerprint density at radius 3 is 1.17 bits per heavy atom. The molecular weight excluding hydrogens is 765 g/mol. The number of hydrogen-bond donors (Lipinski definition) is 0. The smallest absolute Gasteiger partial charge is 0.0490 e. The summed E-state index contributed by atoms with van der Waals surface area (Å²) in [6.45, 7) is 11.1. The maximum atomic E-state index is 2.41. The van der Waals surface area contributed by atoms with Crippen LogP contribution in [-0.2, 0) is 0 Å². The Morgan fingerprint density at radius 1 is 0.333 bits per heavy atom. The van der Waals surface area contributed by atoms with Gasteiger partial charge in [0, 0.05) is 74.2 Å². The highest BCUT2D eigenvalue weighted by Crippen LogP contribution is 2.44. The van der Waals surface area contributed by atoms with Crippen LogP contribution in [0.1, 0.15) is 30.5 Å². The predicted molar refractivity (Wildman–Crippen MR) is 269 cm³/mol. The van der Waals surface area contributed by atoms with Crippen molar-refractivity contribution in [1.82, 2.24) is 0 Å². The number of allylic oxidation sites excluding steroid dienone is 4. The molecule has 1 aliphatic carbocycles. The Balaban J connectivity index is 1.14. The third-order valence-electron chi connectivity index (χ3n) is 12.2. The summed E-state index contributed by atoms with van der Waals surface area (Å²) in [4.78, 5) is 9.46. The van der Waals surface area contributed by atoms with E-state index in [2.05, 4.69) is 279 Å². The van der Waals surface area contributed by atoms with Crippen LogP contribution in [0.5, 0.6) is 0 Å². The van der Waals surface area contributed by atoms with E-state index in [0.717, 1.165) is 62.6 Å². The highest BCUT2D eigenvalue weighted by Gasteiger charge is 2.25. The molecule has 9 rings (SSSR count). The number of para-hydroxylation sites is 3. The highest BCUT2D eigenvalue weighted by molar-refractivity contribution is 5.85. The summed E-state index contributed by atoms with van der Waals surface area (Å²) in [6, 6.07) is 74.4. The summed E-state index contributed by atoms with van der Waals surface area (Å²) in [5.74, 6) is 0.797. The van der Waals surface area contributed by atoms with Gasteiger partial charge in [-0.25, -0.2) is 0 Å². The van der Waals surface area contributed by atoms with Crippen molar-refractivity contribution in [2.45, 2.75) is 34.6 Å². The Labute approximate surface area is 373 Å². The highest BCUT2D eigenvalue weighted by atomic mass is 15.2. The van der Waals surface area contributed by atoms with Crippen molar-refractivity contribution >= 4 is 62.6 Å². The van der Waals surface area contributed by atoms with E-state index in [4.69, 9.17) is 0 Å². The SMILES string of the molecule is Cc1cccc(N(c2ccccc2)c2ccc(N(c3ccc(N(C4=CC=CC(C)C4C)c4ccccc4)cc3)c3ccc(N(c4cccc(C)c4)c4ccccc4C)cc3)cc2)c1. The molecule has 0 spiro atoms. The Morgan fingerprint density at radius 2 is 0.698 bits per heavy atom. The first-order chi connectivity index (χ1) is 30.8. The Bertz CT molecular complexity index is 2850. The fraction of sp³-hybridized carbons (Fsp3) is 0.119. The average Bonchev–Trinajstić information content (AvgIpc) is 3.31. The van der Waals surface area contributed by atoms with Crippen LogP contribution in [0.25, 0.3) is 0 Å². The molecule has 0 saturated heterocycles. The first-order valence-corrected chi connectivity index (χ1v) is 22.0. The molecule has 310 valence electrons. The van der Waals surface area contributed by atoms with Gasteiger partial charge >= 0.3 is 0 Å². The zero-order chi connectivity index (χ0) is 43.3. The Hall–Kier alpha value is -7.56. The molecule has 4 heteroatoms. The van der Waals surface area contributed by atoms with Gasteiger partial charge in [-0.3, -0.25) is 0 Å². The van der Waals surface area contributed by atoms with Crippen molar-refractivity contribution in [2.24, 2.45) is 11.8 Å². The average molecular weight is 819 g/mol. The second kappa shape index (κ2) is 18.2. The lowest BCUT2D eigenvalue weighted by atomic mass is 9.87. The first-order valence-electron chi connectivity index (χ1n) is 22.0.